The van der Waals surface area contributed by atoms with Crippen LogP contribution in [0, 0.1) is 11.8 Å². The number of aliphatic hydroxyl groups excluding tert-OH is 1. The lowest BCUT2D eigenvalue weighted by Gasteiger charge is -2.21. The topological polar surface area (TPSA) is 237 Å². The number of hydrogen-bond acceptors (Lipinski definition) is 15. The molecule has 6 atom stereocenters. The minimum absolute atomic E-state index is 0.107. The van der Waals surface area contributed by atoms with E-state index < -0.39 is 97.5 Å². The van der Waals surface area contributed by atoms with Gasteiger partial charge in [-0.2, -0.15) is 0 Å². The summed E-state index contributed by atoms with van der Waals surface area (Å²) in [5.41, 5.74) is 0. The Balaban J connectivity index is 5.18. The first-order valence-electron chi connectivity index (χ1n) is 40.5. The summed E-state index contributed by atoms with van der Waals surface area (Å²) >= 11 is 0. The molecule has 0 aliphatic carbocycles. The summed E-state index contributed by atoms with van der Waals surface area (Å²) < 4.78 is 68.5. The van der Waals surface area contributed by atoms with Crippen LogP contribution in [0.4, 0.5) is 0 Å². The third-order valence-corrected chi connectivity index (χ3v) is 20.5. The lowest BCUT2D eigenvalue weighted by molar-refractivity contribution is -0.161. The van der Waals surface area contributed by atoms with Crippen LogP contribution in [0.25, 0.3) is 0 Å². The Morgan fingerprint density at radius 2 is 0.526 bits per heavy atom. The zero-order chi connectivity index (χ0) is 71.4. The van der Waals surface area contributed by atoms with Crippen LogP contribution in [0.1, 0.15) is 408 Å². The second-order valence-electron chi connectivity index (χ2n) is 28.8. The van der Waals surface area contributed by atoms with Gasteiger partial charge in [0.05, 0.1) is 26.4 Å². The summed E-state index contributed by atoms with van der Waals surface area (Å²) in [6, 6.07) is 0. The number of carbonyl (C=O) groups excluding carboxylic acids is 4. The number of phosphoric ester groups is 2. The maximum atomic E-state index is 13.1. The highest BCUT2D eigenvalue weighted by Gasteiger charge is 2.30. The second-order valence-corrected chi connectivity index (χ2v) is 31.7. The molecule has 0 aromatic heterocycles. The standard InChI is InChI=1S/C78H152O17P2/c1-7-10-12-14-16-18-19-31-38-44-50-56-62-77(82)94-73(66-88-75(80)60-54-48-42-34-17-15-13-11-8-2)68-92-96(84,85)90-64-72(79)65-91-97(86,87)93-69-74(67-89-76(81)61-55-49-43-37-33-28-29-35-40-46-52-58-70(4)5)95-78(83)63-57-51-45-39-32-27-25-23-21-20-22-24-26-30-36-41-47-53-59-71(6)9-3/h70-74,79H,7-69H2,1-6H3,(H,84,85)(H,86,87)/t71?,72-,73+,74+/m0/s1. The third-order valence-electron chi connectivity index (χ3n) is 18.6. The van der Waals surface area contributed by atoms with Crippen molar-refractivity contribution in [1.29, 1.82) is 0 Å². The van der Waals surface area contributed by atoms with E-state index >= 15 is 0 Å². The van der Waals surface area contributed by atoms with E-state index in [1.807, 2.05) is 0 Å². The molecule has 0 aliphatic heterocycles. The van der Waals surface area contributed by atoms with Crippen molar-refractivity contribution in [3.8, 4) is 0 Å². The van der Waals surface area contributed by atoms with Crippen LogP contribution in [0.2, 0.25) is 0 Å². The minimum atomic E-state index is -4.96. The Bertz CT molecular complexity index is 1870. The molecule has 0 aliphatic rings. The predicted molar refractivity (Wildman–Crippen MR) is 395 cm³/mol. The van der Waals surface area contributed by atoms with Gasteiger partial charge in [0.15, 0.2) is 12.2 Å². The molecule has 97 heavy (non-hydrogen) atoms. The molecule has 0 saturated carbocycles. The second kappa shape index (κ2) is 69.8. The fourth-order valence-electron chi connectivity index (χ4n) is 12.0. The molecule has 0 rings (SSSR count). The first kappa shape index (κ1) is 95.1. The molecule has 0 radical (unpaired) electrons. The van der Waals surface area contributed by atoms with Crippen LogP contribution in [0.5, 0.6) is 0 Å². The fourth-order valence-corrected chi connectivity index (χ4v) is 13.6. The Morgan fingerprint density at radius 3 is 0.784 bits per heavy atom. The van der Waals surface area contributed by atoms with Gasteiger partial charge in [-0.05, 0) is 37.5 Å². The molecule has 0 bridgehead atoms. The van der Waals surface area contributed by atoms with Gasteiger partial charge in [0, 0.05) is 25.7 Å². The molecule has 19 heteroatoms. The summed E-state index contributed by atoms with van der Waals surface area (Å²) in [5, 5.41) is 10.6. The molecular formula is C78H152O17P2. The third kappa shape index (κ3) is 70.9. The van der Waals surface area contributed by atoms with Gasteiger partial charge >= 0.3 is 39.5 Å². The van der Waals surface area contributed by atoms with Crippen molar-refractivity contribution in [3.05, 3.63) is 0 Å². The summed E-state index contributed by atoms with van der Waals surface area (Å²) in [4.78, 5) is 72.8. The molecule has 0 aromatic carbocycles. The normalized spacial score (nSPS) is 14.2. The van der Waals surface area contributed by atoms with E-state index in [2.05, 4.69) is 41.5 Å². The van der Waals surface area contributed by atoms with Crippen molar-refractivity contribution in [2.24, 2.45) is 11.8 Å². The number of ether oxygens (including phenoxy) is 4. The van der Waals surface area contributed by atoms with Crippen molar-refractivity contribution in [1.82, 2.24) is 0 Å². The molecular weight excluding hydrogens is 1270 g/mol. The summed E-state index contributed by atoms with van der Waals surface area (Å²) in [5.74, 6) is -0.471. The predicted octanol–water partition coefficient (Wildman–Crippen LogP) is 23.1. The number of hydrogen-bond donors (Lipinski definition) is 3. The van der Waals surface area contributed by atoms with Crippen LogP contribution in [0.3, 0.4) is 0 Å². The number of unbranched alkanes of at least 4 members (excludes halogenated alkanes) is 46. The highest BCUT2D eigenvalue weighted by Crippen LogP contribution is 2.45. The van der Waals surface area contributed by atoms with Crippen LogP contribution in [0.15, 0.2) is 0 Å². The molecule has 0 saturated heterocycles. The van der Waals surface area contributed by atoms with E-state index in [1.165, 1.54) is 225 Å². The van der Waals surface area contributed by atoms with E-state index in [-0.39, 0.29) is 25.7 Å². The highest BCUT2D eigenvalue weighted by atomic mass is 31.2. The van der Waals surface area contributed by atoms with Gasteiger partial charge in [0.1, 0.15) is 19.3 Å². The van der Waals surface area contributed by atoms with Crippen molar-refractivity contribution >= 4 is 39.5 Å². The molecule has 3 N–H and O–H groups in total. The van der Waals surface area contributed by atoms with E-state index in [0.717, 1.165) is 102 Å². The average Bonchev–Trinajstić information content (AvgIpc) is 1.58. The number of aliphatic hydroxyl groups is 1. The Kier molecular flexibility index (Phi) is 68.4. The van der Waals surface area contributed by atoms with Gasteiger partial charge in [-0.3, -0.25) is 37.3 Å². The van der Waals surface area contributed by atoms with Crippen molar-refractivity contribution < 1.29 is 80.2 Å². The van der Waals surface area contributed by atoms with Gasteiger partial charge in [0.2, 0.25) is 0 Å². The maximum absolute atomic E-state index is 13.1. The van der Waals surface area contributed by atoms with E-state index in [0.29, 0.717) is 25.7 Å². The minimum Gasteiger partial charge on any atom is -0.462 e. The summed E-state index contributed by atoms with van der Waals surface area (Å²) in [7, 11) is -9.91. The van der Waals surface area contributed by atoms with Gasteiger partial charge < -0.3 is 33.8 Å². The SMILES string of the molecule is CCCCCCCCCCCCCCC(=O)O[C@H](COC(=O)CCCCCCCCCCC)COP(=O)(O)OC[C@H](O)COP(=O)(O)OC[C@@H](COC(=O)CCCCCCCCCCCCCC(C)C)OC(=O)CCCCCCCCCCCCCCCCCCCCC(C)CC. The van der Waals surface area contributed by atoms with E-state index in [4.69, 9.17) is 37.0 Å². The quantitative estimate of drug-likeness (QED) is 0.0222. The van der Waals surface area contributed by atoms with E-state index in [1.54, 1.807) is 0 Å². The van der Waals surface area contributed by atoms with Crippen LogP contribution in [-0.2, 0) is 65.4 Å². The van der Waals surface area contributed by atoms with Gasteiger partial charge in [0.25, 0.3) is 0 Å². The van der Waals surface area contributed by atoms with Crippen molar-refractivity contribution in [2.75, 3.05) is 39.6 Å². The molecule has 17 nitrogen and oxygen atoms in total. The lowest BCUT2D eigenvalue weighted by Crippen LogP contribution is -2.30. The molecule has 576 valence electrons. The Morgan fingerprint density at radius 1 is 0.299 bits per heavy atom. The molecule has 0 aromatic rings. The van der Waals surface area contributed by atoms with Gasteiger partial charge in [-0.25, -0.2) is 9.13 Å². The number of esters is 4. The number of phosphoric acid groups is 2. The number of carbonyl (C=O) groups is 4. The largest absolute Gasteiger partial charge is 0.472 e. The molecule has 0 heterocycles. The molecule has 0 spiro atoms. The number of rotatable bonds is 77. The lowest BCUT2D eigenvalue weighted by atomic mass is 9.99. The van der Waals surface area contributed by atoms with Crippen molar-refractivity contribution in [3.63, 3.8) is 0 Å². The zero-order valence-corrected chi connectivity index (χ0v) is 65.2. The van der Waals surface area contributed by atoms with Crippen LogP contribution < -0.4 is 0 Å². The molecule has 0 fully saturated rings. The molecule has 0 amide bonds. The average molecular weight is 1420 g/mol. The van der Waals surface area contributed by atoms with Crippen LogP contribution >= 0.6 is 15.6 Å². The van der Waals surface area contributed by atoms with Gasteiger partial charge in [-0.1, -0.05) is 356 Å². The molecule has 3 unspecified atom stereocenters. The zero-order valence-electron chi connectivity index (χ0n) is 63.4. The van der Waals surface area contributed by atoms with Gasteiger partial charge in [-0.15, -0.1) is 0 Å². The van der Waals surface area contributed by atoms with Crippen LogP contribution in [-0.4, -0.2) is 96.7 Å². The van der Waals surface area contributed by atoms with Crippen molar-refractivity contribution in [2.45, 2.75) is 426 Å². The Labute approximate surface area is 594 Å². The highest BCUT2D eigenvalue weighted by molar-refractivity contribution is 7.47. The first-order chi connectivity index (χ1) is 46.9. The fraction of sp³-hybridized carbons (Fsp3) is 0.949. The Hall–Kier alpha value is -1.94. The smallest absolute Gasteiger partial charge is 0.462 e. The first-order valence-corrected chi connectivity index (χ1v) is 43.5. The summed E-state index contributed by atoms with van der Waals surface area (Å²) in [6.07, 6.45) is 58.2. The monoisotopic (exact) mass is 1420 g/mol. The maximum Gasteiger partial charge on any atom is 0.472 e. The van der Waals surface area contributed by atoms with E-state index in [9.17, 15) is 43.2 Å². The summed E-state index contributed by atoms with van der Waals surface area (Å²) in [6.45, 7) is 9.66.